The molecule has 0 saturated heterocycles. The van der Waals surface area contributed by atoms with Crippen LogP contribution >= 0.6 is 0 Å². The van der Waals surface area contributed by atoms with E-state index in [1.807, 2.05) is 0 Å². The van der Waals surface area contributed by atoms with Crippen LogP contribution in [0, 0.1) is 5.82 Å². The molecule has 0 spiro atoms. The maximum Gasteiger partial charge on any atom is 0.173 e. The van der Waals surface area contributed by atoms with Gasteiger partial charge in [-0.1, -0.05) is 17.3 Å². The monoisotopic (exact) mass is 263 g/mol. The van der Waals surface area contributed by atoms with E-state index in [2.05, 4.69) is 15.6 Å². The van der Waals surface area contributed by atoms with Gasteiger partial charge in [0.15, 0.2) is 5.84 Å². The molecule has 2 rings (SSSR count). The molecule has 0 bridgehead atoms. The van der Waals surface area contributed by atoms with Gasteiger partial charge in [0, 0.05) is 25.4 Å². The van der Waals surface area contributed by atoms with Crippen molar-refractivity contribution in [1.29, 1.82) is 0 Å². The molecular formula is C12H14FN5O. The van der Waals surface area contributed by atoms with E-state index in [0.717, 1.165) is 5.69 Å². The molecule has 1 aromatic heterocycles. The summed E-state index contributed by atoms with van der Waals surface area (Å²) in [6.45, 7) is 0.282. The van der Waals surface area contributed by atoms with Crippen LogP contribution < -0.4 is 11.1 Å². The Labute approximate surface area is 109 Å². The second-order valence-corrected chi connectivity index (χ2v) is 4.02. The number of hydrogen-bond donors (Lipinski definition) is 3. The van der Waals surface area contributed by atoms with E-state index in [1.54, 1.807) is 36.3 Å². The van der Waals surface area contributed by atoms with Gasteiger partial charge >= 0.3 is 0 Å². The highest BCUT2D eigenvalue weighted by Gasteiger charge is 2.11. The molecule has 0 saturated carbocycles. The van der Waals surface area contributed by atoms with Crippen LogP contribution in [0.5, 0.6) is 0 Å². The Balaban J connectivity index is 2.17. The third-order valence-electron chi connectivity index (χ3n) is 2.65. The maximum absolute atomic E-state index is 14.1. The Morgan fingerprint density at radius 2 is 2.37 bits per heavy atom. The first-order valence-corrected chi connectivity index (χ1v) is 5.59. The van der Waals surface area contributed by atoms with Crippen molar-refractivity contribution in [2.45, 2.75) is 6.54 Å². The van der Waals surface area contributed by atoms with Gasteiger partial charge in [0.25, 0.3) is 0 Å². The summed E-state index contributed by atoms with van der Waals surface area (Å²) in [6.07, 6.45) is 3.43. The molecular weight excluding hydrogens is 249 g/mol. The van der Waals surface area contributed by atoms with Crippen LogP contribution in [0.3, 0.4) is 0 Å². The number of nitrogens with one attached hydrogen (secondary N) is 1. The molecule has 0 fully saturated rings. The van der Waals surface area contributed by atoms with Crippen LogP contribution in [-0.4, -0.2) is 20.8 Å². The molecule has 100 valence electrons. The predicted molar refractivity (Wildman–Crippen MR) is 69.4 cm³/mol. The average molecular weight is 263 g/mol. The molecule has 1 aromatic carbocycles. The number of aryl methyl sites for hydroxylation is 1. The molecule has 6 nitrogen and oxygen atoms in total. The van der Waals surface area contributed by atoms with Crippen molar-refractivity contribution < 1.29 is 9.60 Å². The van der Waals surface area contributed by atoms with Gasteiger partial charge in [-0.25, -0.2) is 4.39 Å². The Bertz CT molecular complexity index is 608. The fraction of sp³-hybridized carbons (Fsp3) is 0.167. The molecule has 7 heteroatoms. The van der Waals surface area contributed by atoms with E-state index in [1.165, 1.54) is 6.07 Å². The topological polar surface area (TPSA) is 88.5 Å². The number of anilines is 1. The lowest BCUT2D eigenvalue weighted by atomic mass is 10.1. The van der Waals surface area contributed by atoms with E-state index >= 15 is 0 Å². The van der Waals surface area contributed by atoms with Crippen LogP contribution in [0.1, 0.15) is 11.1 Å². The van der Waals surface area contributed by atoms with Gasteiger partial charge in [-0.15, -0.1) is 0 Å². The largest absolute Gasteiger partial charge is 0.409 e. The van der Waals surface area contributed by atoms with E-state index in [4.69, 9.17) is 10.9 Å². The Morgan fingerprint density at radius 3 is 3.00 bits per heavy atom. The maximum atomic E-state index is 14.1. The molecule has 4 N–H and O–H groups in total. The predicted octanol–water partition coefficient (Wildman–Crippen LogP) is 1.27. The fourth-order valence-corrected chi connectivity index (χ4v) is 1.68. The number of aromatic nitrogens is 2. The van der Waals surface area contributed by atoms with Gasteiger partial charge in [-0.3, -0.25) is 4.68 Å². The zero-order valence-corrected chi connectivity index (χ0v) is 10.3. The average Bonchev–Trinajstić information content (AvgIpc) is 2.82. The summed E-state index contributed by atoms with van der Waals surface area (Å²) in [4.78, 5) is 0. The van der Waals surface area contributed by atoms with Crippen LogP contribution in [-0.2, 0) is 13.6 Å². The number of amidine groups is 1. The number of nitrogens with two attached hydrogens (primary N) is 1. The third-order valence-corrected chi connectivity index (χ3v) is 2.65. The van der Waals surface area contributed by atoms with Crippen molar-refractivity contribution in [3.05, 3.63) is 47.5 Å². The summed E-state index contributed by atoms with van der Waals surface area (Å²) in [5.41, 5.74) is 6.69. The minimum absolute atomic E-state index is 0.0768. The van der Waals surface area contributed by atoms with Crippen molar-refractivity contribution in [2.75, 3.05) is 5.32 Å². The van der Waals surface area contributed by atoms with Crippen molar-refractivity contribution in [1.82, 2.24) is 9.78 Å². The first-order valence-electron chi connectivity index (χ1n) is 5.59. The first kappa shape index (κ1) is 12.9. The highest BCUT2D eigenvalue weighted by molar-refractivity contribution is 5.97. The van der Waals surface area contributed by atoms with E-state index < -0.39 is 5.82 Å². The van der Waals surface area contributed by atoms with Crippen LogP contribution in [0.25, 0.3) is 0 Å². The number of nitrogens with zero attached hydrogens (tertiary/aromatic N) is 3. The van der Waals surface area contributed by atoms with Crippen molar-refractivity contribution in [3.8, 4) is 0 Å². The number of benzene rings is 1. The van der Waals surface area contributed by atoms with Gasteiger partial charge in [-0.2, -0.15) is 5.10 Å². The highest BCUT2D eigenvalue weighted by Crippen LogP contribution is 2.15. The van der Waals surface area contributed by atoms with Gasteiger partial charge in [0.1, 0.15) is 5.82 Å². The van der Waals surface area contributed by atoms with Crippen molar-refractivity contribution in [2.24, 2.45) is 17.9 Å². The first-order chi connectivity index (χ1) is 9.11. The highest BCUT2D eigenvalue weighted by atomic mass is 19.1. The minimum Gasteiger partial charge on any atom is -0.409 e. The molecule has 0 aliphatic rings. The normalized spacial score (nSPS) is 11.6. The molecule has 0 atom stereocenters. The van der Waals surface area contributed by atoms with Gasteiger partial charge < -0.3 is 16.3 Å². The number of oxime groups is 1. The summed E-state index contributed by atoms with van der Waals surface area (Å²) in [7, 11) is 1.80. The lowest BCUT2D eigenvalue weighted by Gasteiger charge is -2.08. The summed E-state index contributed by atoms with van der Waals surface area (Å²) >= 11 is 0. The van der Waals surface area contributed by atoms with Gasteiger partial charge in [0.2, 0.25) is 0 Å². The van der Waals surface area contributed by atoms with Crippen molar-refractivity contribution >= 4 is 11.5 Å². The lowest BCUT2D eigenvalue weighted by molar-refractivity contribution is 0.318. The standard InChI is InChI=1S/C12H14FN5O/c1-18-7-9(6-16-18)15-5-8-3-2-4-10(11(8)13)12(14)17-19/h2-4,6-7,15,19H,5H2,1H3,(H2,14,17). The summed E-state index contributed by atoms with van der Waals surface area (Å²) < 4.78 is 15.7. The summed E-state index contributed by atoms with van der Waals surface area (Å²) in [5, 5.41) is 18.4. The lowest BCUT2D eigenvalue weighted by Crippen LogP contribution is -2.16. The smallest absolute Gasteiger partial charge is 0.173 e. The van der Waals surface area contributed by atoms with Gasteiger partial charge in [0.05, 0.1) is 17.4 Å². The Kier molecular flexibility index (Phi) is 3.65. The second kappa shape index (κ2) is 5.38. The molecule has 1 heterocycles. The number of hydrogen-bond acceptors (Lipinski definition) is 4. The van der Waals surface area contributed by atoms with E-state index in [0.29, 0.717) is 5.56 Å². The number of rotatable bonds is 4. The SMILES string of the molecule is Cn1cc(NCc2cccc(/C(N)=N/O)c2F)cn1. The van der Waals surface area contributed by atoms with Crippen molar-refractivity contribution in [3.63, 3.8) is 0 Å². The quantitative estimate of drug-likeness (QED) is 0.335. The summed E-state index contributed by atoms with van der Waals surface area (Å²) in [5.74, 6) is -0.755. The van der Waals surface area contributed by atoms with Gasteiger partial charge in [-0.05, 0) is 6.07 Å². The summed E-state index contributed by atoms with van der Waals surface area (Å²) in [6, 6.07) is 4.74. The number of halogens is 1. The zero-order chi connectivity index (χ0) is 13.8. The molecule has 0 aliphatic carbocycles. The molecule has 2 aromatic rings. The molecule has 0 radical (unpaired) electrons. The minimum atomic E-state index is -0.505. The fourth-order valence-electron chi connectivity index (χ4n) is 1.68. The Morgan fingerprint density at radius 1 is 1.58 bits per heavy atom. The van der Waals surface area contributed by atoms with E-state index in [9.17, 15) is 4.39 Å². The third kappa shape index (κ3) is 2.82. The zero-order valence-electron chi connectivity index (χ0n) is 10.3. The molecule has 0 unspecified atom stereocenters. The molecule has 0 amide bonds. The Hall–Kier alpha value is -2.57. The van der Waals surface area contributed by atoms with Crippen LogP contribution in [0.4, 0.5) is 10.1 Å². The van der Waals surface area contributed by atoms with Crippen LogP contribution in [0.2, 0.25) is 0 Å². The molecule has 0 aliphatic heterocycles. The second-order valence-electron chi connectivity index (χ2n) is 4.02. The van der Waals surface area contributed by atoms with E-state index in [-0.39, 0.29) is 17.9 Å². The molecule has 19 heavy (non-hydrogen) atoms. The van der Waals surface area contributed by atoms with Crippen LogP contribution in [0.15, 0.2) is 35.7 Å².